The van der Waals surface area contributed by atoms with Gasteiger partial charge in [-0.1, -0.05) is 28.1 Å². The lowest BCUT2D eigenvalue weighted by molar-refractivity contribution is -0.124. The lowest BCUT2D eigenvalue weighted by atomic mass is 9.90. The van der Waals surface area contributed by atoms with E-state index >= 15 is 0 Å². The van der Waals surface area contributed by atoms with Crippen molar-refractivity contribution in [3.05, 3.63) is 58.7 Å². The molecule has 0 saturated carbocycles. The Kier molecular flexibility index (Phi) is 4.65. The quantitative estimate of drug-likeness (QED) is 0.503. The summed E-state index contributed by atoms with van der Waals surface area (Å²) in [6, 6.07) is 10.3. The van der Waals surface area contributed by atoms with Gasteiger partial charge in [-0.25, -0.2) is 4.79 Å². The van der Waals surface area contributed by atoms with Crippen LogP contribution in [0, 0.1) is 0 Å². The maximum atomic E-state index is 12.7. The first-order valence-corrected chi connectivity index (χ1v) is 9.24. The maximum Gasteiger partial charge on any atom is 0.387 e. The van der Waals surface area contributed by atoms with Gasteiger partial charge in [0.25, 0.3) is 5.91 Å². The van der Waals surface area contributed by atoms with E-state index in [2.05, 4.69) is 31.3 Å². The number of benzene rings is 2. The summed E-state index contributed by atoms with van der Waals surface area (Å²) in [5, 5.41) is 16.3. The third kappa shape index (κ3) is 3.39. The normalized spacial score (nSPS) is 18.9. The van der Waals surface area contributed by atoms with Crippen LogP contribution in [-0.2, 0) is 16.9 Å². The van der Waals surface area contributed by atoms with Crippen LogP contribution in [0.4, 0.5) is 13.6 Å². The summed E-state index contributed by atoms with van der Waals surface area (Å²) in [6.07, 6.45) is 1.56. The summed E-state index contributed by atoms with van der Waals surface area (Å²) in [5.74, 6) is -0.913. The molecule has 0 spiro atoms. The molecule has 29 heavy (non-hydrogen) atoms. The molecule has 0 radical (unpaired) electrons. The van der Waals surface area contributed by atoms with Gasteiger partial charge >= 0.3 is 12.6 Å². The molecule has 10 heteroatoms. The van der Waals surface area contributed by atoms with E-state index in [1.165, 1.54) is 22.8 Å². The van der Waals surface area contributed by atoms with E-state index in [9.17, 15) is 23.5 Å². The molecule has 1 aliphatic heterocycles. The number of urea groups is 1. The number of nitrogens with one attached hydrogen (secondary N) is 2. The first-order chi connectivity index (χ1) is 13.8. The molecule has 3 N–H and O–H groups in total. The van der Waals surface area contributed by atoms with E-state index < -0.39 is 24.1 Å². The van der Waals surface area contributed by atoms with E-state index in [1.54, 1.807) is 30.5 Å². The zero-order chi connectivity index (χ0) is 20.8. The zero-order valence-electron chi connectivity index (χ0n) is 14.7. The predicted octanol–water partition coefficient (Wildman–Crippen LogP) is 3.45. The molecule has 2 aromatic carbocycles. The molecule has 0 unspecified atom stereocenters. The topological polar surface area (TPSA) is 92.6 Å². The molecular formula is C19H14BrF2N3O4. The number of halogens is 3. The second kappa shape index (κ2) is 7.03. The Bertz CT molecular complexity index is 1120. The molecular weight excluding hydrogens is 452 g/mol. The molecule has 4 rings (SSSR count). The van der Waals surface area contributed by atoms with Gasteiger partial charge in [-0.2, -0.15) is 8.78 Å². The van der Waals surface area contributed by atoms with Gasteiger partial charge in [0, 0.05) is 21.4 Å². The Labute approximate surface area is 171 Å². The van der Waals surface area contributed by atoms with E-state index in [0.29, 0.717) is 10.9 Å². The average Bonchev–Trinajstić information content (AvgIpc) is 3.12. The lowest BCUT2D eigenvalue weighted by Crippen LogP contribution is -2.47. The molecule has 1 aliphatic rings. The van der Waals surface area contributed by atoms with Crippen LogP contribution >= 0.6 is 15.9 Å². The fourth-order valence-electron chi connectivity index (χ4n) is 3.41. The number of aromatic hydroxyl groups is 1. The number of amides is 3. The number of rotatable bonds is 5. The van der Waals surface area contributed by atoms with Crippen LogP contribution < -0.4 is 15.4 Å². The summed E-state index contributed by atoms with van der Waals surface area (Å²) < 4.78 is 31.5. The minimum Gasteiger partial charge on any atom is -0.494 e. The van der Waals surface area contributed by atoms with Crippen LogP contribution in [0.25, 0.3) is 10.8 Å². The predicted molar refractivity (Wildman–Crippen MR) is 103 cm³/mol. The third-order valence-electron chi connectivity index (χ3n) is 4.74. The van der Waals surface area contributed by atoms with Gasteiger partial charge in [-0.3, -0.25) is 10.1 Å². The Morgan fingerprint density at radius 2 is 1.90 bits per heavy atom. The fraction of sp³-hybridized carbons (Fsp3) is 0.158. The van der Waals surface area contributed by atoms with Crippen LogP contribution in [0.2, 0.25) is 0 Å². The molecule has 0 aliphatic carbocycles. The molecule has 7 nitrogen and oxygen atoms in total. The van der Waals surface area contributed by atoms with Gasteiger partial charge in [0.15, 0.2) is 11.4 Å². The molecule has 150 valence electrons. The number of nitrogens with zero attached hydrogens (tertiary/aromatic N) is 1. The third-order valence-corrected chi connectivity index (χ3v) is 5.27. The van der Waals surface area contributed by atoms with Crippen molar-refractivity contribution >= 4 is 38.6 Å². The summed E-state index contributed by atoms with van der Waals surface area (Å²) in [7, 11) is 0. The molecule has 3 aromatic rings. The fourth-order valence-corrected chi connectivity index (χ4v) is 3.67. The van der Waals surface area contributed by atoms with Crippen LogP contribution in [0.5, 0.6) is 11.6 Å². The van der Waals surface area contributed by atoms with Crippen molar-refractivity contribution in [3.8, 4) is 11.6 Å². The molecule has 3 amide bonds. The van der Waals surface area contributed by atoms with Crippen LogP contribution in [0.15, 0.2) is 53.1 Å². The zero-order valence-corrected chi connectivity index (χ0v) is 16.2. The standard InChI is InChI=1S/C19H14BrF2N3O4/c20-12-4-2-11(3-5-12)19(16(27)23-18(28)24-19)9-25-8-10-1-6-13(29-17(21)22)7-14(10)15(25)26/h1-8,17,26H,9H2,(H2,23,24,27,28)/t19-/m0/s1. The first kappa shape index (κ1) is 19.2. The second-order valence-electron chi connectivity index (χ2n) is 6.53. The van der Waals surface area contributed by atoms with Crippen molar-refractivity contribution in [2.24, 2.45) is 0 Å². The Morgan fingerprint density at radius 1 is 1.17 bits per heavy atom. The SMILES string of the molecule is O=C1NC(=O)[C@](Cn2cc3ccc(OC(F)F)cc3c2O)(c2ccc(Br)cc2)N1. The smallest absolute Gasteiger partial charge is 0.387 e. The Morgan fingerprint density at radius 3 is 2.52 bits per heavy atom. The van der Waals surface area contributed by atoms with Gasteiger partial charge in [0.2, 0.25) is 0 Å². The first-order valence-electron chi connectivity index (χ1n) is 8.45. The monoisotopic (exact) mass is 465 g/mol. The maximum absolute atomic E-state index is 12.7. The molecule has 1 atom stereocenters. The Hall–Kier alpha value is -3.14. The van der Waals surface area contributed by atoms with E-state index in [1.807, 2.05) is 0 Å². The van der Waals surface area contributed by atoms with Gasteiger partial charge in [-0.05, 0) is 35.9 Å². The average molecular weight is 466 g/mol. The van der Waals surface area contributed by atoms with Gasteiger partial charge < -0.3 is 19.7 Å². The summed E-state index contributed by atoms with van der Waals surface area (Å²) in [6.45, 7) is -3.10. The minimum absolute atomic E-state index is 0.102. The number of carbonyl (C=O) groups is 2. The molecule has 1 aromatic heterocycles. The summed E-state index contributed by atoms with van der Waals surface area (Å²) >= 11 is 3.33. The Balaban J connectivity index is 1.77. The number of hydrogen-bond donors (Lipinski definition) is 3. The highest BCUT2D eigenvalue weighted by atomic mass is 79.9. The summed E-state index contributed by atoms with van der Waals surface area (Å²) in [4.78, 5) is 24.6. The van der Waals surface area contributed by atoms with Crippen molar-refractivity contribution in [1.29, 1.82) is 0 Å². The molecule has 1 saturated heterocycles. The van der Waals surface area contributed by atoms with E-state index in [-0.39, 0.29) is 23.6 Å². The van der Waals surface area contributed by atoms with Crippen molar-refractivity contribution in [1.82, 2.24) is 15.2 Å². The largest absolute Gasteiger partial charge is 0.494 e. The van der Waals surface area contributed by atoms with Gasteiger partial charge in [-0.15, -0.1) is 0 Å². The number of ether oxygens (including phenoxy) is 1. The molecule has 1 fully saturated rings. The summed E-state index contributed by atoms with van der Waals surface area (Å²) in [5.41, 5.74) is -0.935. The van der Waals surface area contributed by atoms with E-state index in [4.69, 9.17) is 0 Å². The van der Waals surface area contributed by atoms with Gasteiger partial charge in [0.05, 0.1) is 6.54 Å². The number of fused-ring (bicyclic) bond motifs is 1. The van der Waals surface area contributed by atoms with Crippen LogP contribution in [0.1, 0.15) is 5.56 Å². The van der Waals surface area contributed by atoms with E-state index in [0.717, 1.165) is 4.47 Å². The van der Waals surface area contributed by atoms with Crippen molar-refractivity contribution < 1.29 is 28.2 Å². The number of aromatic nitrogens is 1. The van der Waals surface area contributed by atoms with Crippen molar-refractivity contribution in [2.45, 2.75) is 18.7 Å². The number of carbonyl (C=O) groups excluding carboxylic acids is 2. The van der Waals surface area contributed by atoms with Crippen molar-refractivity contribution in [2.75, 3.05) is 0 Å². The highest BCUT2D eigenvalue weighted by Crippen LogP contribution is 2.35. The number of alkyl halides is 2. The van der Waals surface area contributed by atoms with Crippen molar-refractivity contribution in [3.63, 3.8) is 0 Å². The lowest BCUT2D eigenvalue weighted by Gasteiger charge is -2.27. The minimum atomic E-state index is -2.99. The highest BCUT2D eigenvalue weighted by Gasteiger charge is 2.48. The van der Waals surface area contributed by atoms with Crippen LogP contribution in [-0.4, -0.2) is 28.2 Å². The number of imide groups is 1. The molecule has 0 bridgehead atoms. The molecule has 2 heterocycles. The van der Waals surface area contributed by atoms with Crippen LogP contribution in [0.3, 0.4) is 0 Å². The highest BCUT2D eigenvalue weighted by molar-refractivity contribution is 9.10. The number of hydrogen-bond acceptors (Lipinski definition) is 4. The van der Waals surface area contributed by atoms with Gasteiger partial charge in [0.1, 0.15) is 5.75 Å². The second-order valence-corrected chi connectivity index (χ2v) is 7.44.